The van der Waals surface area contributed by atoms with Crippen molar-refractivity contribution in [1.29, 1.82) is 0 Å². The van der Waals surface area contributed by atoms with Crippen LogP contribution in [0.1, 0.15) is 17.0 Å². The molecule has 0 aliphatic heterocycles. The molecule has 0 atom stereocenters. The van der Waals surface area contributed by atoms with Crippen LogP contribution >= 0.6 is 46.4 Å². The maximum absolute atomic E-state index is 6.16. The summed E-state index contributed by atoms with van der Waals surface area (Å²) in [6.45, 7) is 2.47. The minimum Gasteiger partial charge on any atom is -0.331 e. The number of nitrogens with zero attached hydrogens (tertiary/aromatic N) is 2. The Morgan fingerprint density at radius 3 is 2.04 bits per heavy atom. The topological polar surface area (TPSA) is 27.3 Å². The van der Waals surface area contributed by atoms with Gasteiger partial charge in [-0.2, -0.15) is 0 Å². The van der Waals surface area contributed by atoms with Gasteiger partial charge in [0.1, 0.15) is 0 Å². The summed E-state index contributed by atoms with van der Waals surface area (Å²) in [7, 11) is 0. The Morgan fingerprint density at radius 1 is 0.885 bits per heavy atom. The van der Waals surface area contributed by atoms with Crippen molar-refractivity contribution in [3.63, 3.8) is 0 Å². The first-order valence-electron chi connectivity index (χ1n) is 7.68. The zero-order valence-electron chi connectivity index (χ0n) is 13.8. The van der Waals surface area contributed by atoms with Crippen molar-refractivity contribution in [3.8, 4) is 0 Å². The summed E-state index contributed by atoms with van der Waals surface area (Å²) in [6, 6.07) is 10.6. The molecule has 0 aliphatic rings. The molecule has 0 aliphatic carbocycles. The fraction of sp³-hybridized carbons (Fsp3) is 0.167. The normalized spacial score (nSPS) is 10.8. The van der Waals surface area contributed by atoms with Crippen molar-refractivity contribution in [1.82, 2.24) is 4.73 Å². The summed E-state index contributed by atoms with van der Waals surface area (Å²) >= 11 is 24.1. The molecule has 0 unspecified atom stereocenters. The van der Waals surface area contributed by atoms with Gasteiger partial charge in [-0.1, -0.05) is 58.5 Å². The summed E-state index contributed by atoms with van der Waals surface area (Å²) in [5.41, 5.74) is 1.68. The van der Waals surface area contributed by atoms with Crippen LogP contribution in [0.5, 0.6) is 0 Å². The Hall–Kier alpha value is -1.59. The third-order valence-electron chi connectivity index (χ3n) is 3.72. The number of benzene rings is 2. The van der Waals surface area contributed by atoms with E-state index < -0.39 is 0 Å². The number of hydrogen-bond acceptors (Lipinski definition) is 2. The molecule has 0 N–H and O–H groups in total. The van der Waals surface area contributed by atoms with Crippen LogP contribution in [0, 0.1) is 6.92 Å². The minimum atomic E-state index is 0.300. The SMILES string of the molecule is Cc1n(OCc2ccc(Cl)cc2Cl)cc[n+]1OCc1ccc(Cl)cc1Cl. The second-order valence-corrected chi connectivity index (χ2v) is 7.20. The highest BCUT2D eigenvalue weighted by molar-refractivity contribution is 6.35. The van der Waals surface area contributed by atoms with Crippen molar-refractivity contribution in [2.24, 2.45) is 0 Å². The molecule has 3 rings (SSSR count). The number of imidazole rings is 1. The molecule has 0 saturated heterocycles. The van der Waals surface area contributed by atoms with Gasteiger partial charge in [0.05, 0.1) is 0 Å². The smallest absolute Gasteiger partial charge is 0.331 e. The third kappa shape index (κ3) is 4.57. The largest absolute Gasteiger partial charge is 0.332 e. The van der Waals surface area contributed by atoms with Crippen LogP contribution in [0.3, 0.4) is 0 Å². The fourth-order valence-corrected chi connectivity index (χ4v) is 3.19. The Kier molecular flexibility index (Phi) is 6.20. The first-order valence-corrected chi connectivity index (χ1v) is 9.19. The predicted molar refractivity (Wildman–Crippen MR) is 103 cm³/mol. The van der Waals surface area contributed by atoms with E-state index in [9.17, 15) is 0 Å². The molecule has 136 valence electrons. The Labute approximate surface area is 171 Å². The van der Waals surface area contributed by atoms with Gasteiger partial charge in [-0.15, -0.1) is 0 Å². The van der Waals surface area contributed by atoms with Crippen LogP contribution in [0.4, 0.5) is 0 Å². The standard InChI is InChI=1S/C18H15Cl4N2O2/c1-12-23(25-10-13-2-4-15(19)8-17(13)21)6-7-24(12)26-11-14-3-5-16(20)9-18(14)22/h2-9H,10-11H2,1H3/q+1. The molecule has 0 fully saturated rings. The van der Waals surface area contributed by atoms with E-state index in [0.29, 0.717) is 33.3 Å². The van der Waals surface area contributed by atoms with Crippen LogP contribution in [-0.2, 0) is 13.2 Å². The van der Waals surface area contributed by atoms with Gasteiger partial charge in [-0.05, 0) is 33.7 Å². The number of halogens is 4. The average Bonchev–Trinajstić information content (AvgIpc) is 2.93. The predicted octanol–water partition coefficient (Wildman–Crippen LogP) is 4.96. The van der Waals surface area contributed by atoms with Gasteiger partial charge >= 0.3 is 5.82 Å². The van der Waals surface area contributed by atoms with Crippen molar-refractivity contribution in [2.75, 3.05) is 0 Å². The second kappa shape index (κ2) is 8.40. The molecule has 0 bridgehead atoms. The first kappa shape index (κ1) is 19.2. The van der Waals surface area contributed by atoms with E-state index in [4.69, 9.17) is 56.1 Å². The van der Waals surface area contributed by atoms with Gasteiger partial charge in [0.15, 0.2) is 25.6 Å². The molecule has 1 aromatic heterocycles. The molecule has 0 saturated carbocycles. The molecule has 0 spiro atoms. The Bertz CT molecular complexity index is 855. The highest BCUT2D eigenvalue weighted by Crippen LogP contribution is 2.22. The van der Waals surface area contributed by atoms with Gasteiger partial charge in [0.2, 0.25) is 0 Å². The lowest BCUT2D eigenvalue weighted by atomic mass is 10.2. The number of aromatic nitrogens is 2. The molecule has 3 aromatic rings. The minimum absolute atomic E-state index is 0.300. The summed E-state index contributed by atoms with van der Waals surface area (Å²) in [5, 5.41) is 2.29. The lowest BCUT2D eigenvalue weighted by Gasteiger charge is -2.06. The van der Waals surface area contributed by atoms with Crippen LogP contribution in [0.25, 0.3) is 0 Å². The van der Waals surface area contributed by atoms with Crippen LogP contribution in [0.2, 0.25) is 20.1 Å². The van der Waals surface area contributed by atoms with Gasteiger partial charge in [0, 0.05) is 38.1 Å². The molecular weight excluding hydrogens is 418 g/mol. The van der Waals surface area contributed by atoms with E-state index in [1.165, 1.54) is 0 Å². The van der Waals surface area contributed by atoms with Gasteiger partial charge in [-0.3, -0.25) is 0 Å². The second-order valence-electron chi connectivity index (χ2n) is 5.52. The number of rotatable bonds is 6. The molecule has 0 radical (unpaired) electrons. The molecule has 26 heavy (non-hydrogen) atoms. The highest BCUT2D eigenvalue weighted by atomic mass is 35.5. The van der Waals surface area contributed by atoms with E-state index in [-0.39, 0.29) is 0 Å². The van der Waals surface area contributed by atoms with Crippen molar-refractivity contribution in [2.45, 2.75) is 20.1 Å². The average molecular weight is 433 g/mol. The molecule has 2 aromatic carbocycles. The number of hydrogen-bond donors (Lipinski definition) is 0. The van der Waals surface area contributed by atoms with Gasteiger partial charge in [0.25, 0.3) is 0 Å². The quantitative estimate of drug-likeness (QED) is 0.515. The zero-order valence-corrected chi connectivity index (χ0v) is 16.8. The van der Waals surface area contributed by atoms with Crippen LogP contribution < -0.4 is 14.4 Å². The molecule has 1 heterocycles. The Morgan fingerprint density at radius 2 is 1.46 bits per heavy atom. The first-order chi connectivity index (χ1) is 12.4. The van der Waals surface area contributed by atoms with Crippen LogP contribution in [0.15, 0.2) is 48.8 Å². The summed E-state index contributed by atoms with van der Waals surface area (Å²) in [4.78, 5) is 11.5. The van der Waals surface area contributed by atoms with Crippen molar-refractivity contribution < 1.29 is 14.4 Å². The molecule has 8 heteroatoms. The fourth-order valence-electron chi connectivity index (χ4n) is 2.26. The van der Waals surface area contributed by atoms with E-state index in [2.05, 4.69) is 0 Å². The lowest BCUT2D eigenvalue weighted by molar-refractivity contribution is -0.899. The van der Waals surface area contributed by atoms with Crippen molar-refractivity contribution >= 4 is 46.4 Å². The third-order valence-corrected chi connectivity index (χ3v) is 4.90. The van der Waals surface area contributed by atoms with E-state index >= 15 is 0 Å². The highest BCUT2D eigenvalue weighted by Gasteiger charge is 2.16. The maximum atomic E-state index is 6.16. The summed E-state index contributed by atoms with van der Waals surface area (Å²) < 4.78 is 3.21. The lowest BCUT2D eigenvalue weighted by Crippen LogP contribution is -2.44. The monoisotopic (exact) mass is 431 g/mol. The van der Waals surface area contributed by atoms with Crippen molar-refractivity contribution in [3.05, 3.63) is 85.8 Å². The van der Waals surface area contributed by atoms with Gasteiger partial charge in [-0.25, -0.2) is 0 Å². The van der Waals surface area contributed by atoms with E-state index in [0.717, 1.165) is 17.0 Å². The molecule has 4 nitrogen and oxygen atoms in total. The Balaban J connectivity index is 1.64. The van der Waals surface area contributed by atoms with E-state index in [1.807, 2.05) is 19.1 Å². The van der Waals surface area contributed by atoms with Crippen LogP contribution in [-0.4, -0.2) is 4.73 Å². The molecular formula is C18H15Cl4N2O2+. The van der Waals surface area contributed by atoms with Gasteiger partial charge < -0.3 is 9.68 Å². The van der Waals surface area contributed by atoms with E-state index in [1.54, 1.807) is 46.1 Å². The zero-order chi connectivity index (χ0) is 18.7. The summed E-state index contributed by atoms with van der Waals surface area (Å²) in [5.74, 6) is 0.750. The summed E-state index contributed by atoms with van der Waals surface area (Å²) in [6.07, 6.45) is 3.51. The maximum Gasteiger partial charge on any atom is 0.332 e. The molecule has 0 amide bonds.